The number of carbonyl (C=O) groups excluding carboxylic acids is 2. The van der Waals surface area contributed by atoms with E-state index in [9.17, 15) is 24.8 Å². The van der Waals surface area contributed by atoms with Crippen LogP contribution in [-0.2, 0) is 4.79 Å². The van der Waals surface area contributed by atoms with E-state index in [1.807, 2.05) is 0 Å². The molecule has 114 valence electrons. The van der Waals surface area contributed by atoms with E-state index in [-0.39, 0.29) is 17.4 Å². The van der Waals surface area contributed by atoms with Crippen molar-refractivity contribution in [3.05, 3.63) is 33.9 Å². The Morgan fingerprint density at radius 2 is 1.86 bits per heavy atom. The molecule has 8 nitrogen and oxygen atoms in total. The molecule has 0 spiro atoms. The van der Waals surface area contributed by atoms with E-state index in [0.717, 1.165) is 18.2 Å². The number of phenolic OH excluding ortho intramolecular Hbond substituents is 1. The van der Waals surface area contributed by atoms with Crippen molar-refractivity contribution < 1.29 is 19.6 Å². The number of benzene rings is 1. The molecule has 2 amide bonds. The fourth-order valence-corrected chi connectivity index (χ4v) is 1.61. The Bertz CT molecular complexity index is 571. The van der Waals surface area contributed by atoms with Gasteiger partial charge in [-0.05, 0) is 32.9 Å². The minimum atomic E-state index is -0.859. The summed E-state index contributed by atoms with van der Waals surface area (Å²) >= 11 is 0. The molecule has 0 saturated heterocycles. The standard InChI is InChI=1S/C13H17N3O5/c1-7(2)14-12(18)8(3)15-13(19)10-6-9(17)4-5-11(10)16(20)21/h4-8,17H,1-3H3,(H,14,18)(H,15,19). The highest BCUT2D eigenvalue weighted by atomic mass is 16.6. The molecule has 0 heterocycles. The van der Waals surface area contributed by atoms with Gasteiger partial charge in [0.15, 0.2) is 0 Å². The van der Waals surface area contributed by atoms with Crippen LogP contribution in [0.15, 0.2) is 18.2 Å². The maximum atomic E-state index is 12.0. The average Bonchev–Trinajstić information content (AvgIpc) is 2.37. The van der Waals surface area contributed by atoms with Crippen LogP contribution in [0.3, 0.4) is 0 Å². The molecule has 0 aromatic heterocycles. The molecule has 0 aliphatic heterocycles. The second-order valence-electron chi connectivity index (χ2n) is 4.82. The lowest BCUT2D eigenvalue weighted by Crippen LogP contribution is -2.46. The van der Waals surface area contributed by atoms with Crippen LogP contribution in [0.1, 0.15) is 31.1 Å². The van der Waals surface area contributed by atoms with Gasteiger partial charge in [-0.15, -0.1) is 0 Å². The van der Waals surface area contributed by atoms with Crippen molar-refractivity contribution in [3.8, 4) is 5.75 Å². The largest absolute Gasteiger partial charge is 0.508 e. The number of phenols is 1. The Kier molecular flexibility index (Phi) is 5.23. The first-order chi connectivity index (χ1) is 9.72. The summed E-state index contributed by atoms with van der Waals surface area (Å²) in [5.74, 6) is -1.48. The Hall–Kier alpha value is -2.64. The summed E-state index contributed by atoms with van der Waals surface area (Å²) in [5, 5.41) is 25.2. The molecule has 21 heavy (non-hydrogen) atoms. The minimum absolute atomic E-state index is 0.0908. The molecule has 1 aromatic carbocycles. The summed E-state index contributed by atoms with van der Waals surface area (Å²) < 4.78 is 0. The number of nitro benzene ring substituents is 1. The maximum absolute atomic E-state index is 12.0. The van der Waals surface area contributed by atoms with Crippen LogP contribution < -0.4 is 10.6 Å². The topological polar surface area (TPSA) is 122 Å². The van der Waals surface area contributed by atoms with E-state index in [1.165, 1.54) is 6.92 Å². The minimum Gasteiger partial charge on any atom is -0.508 e. The molecule has 8 heteroatoms. The van der Waals surface area contributed by atoms with E-state index in [2.05, 4.69) is 10.6 Å². The van der Waals surface area contributed by atoms with E-state index in [1.54, 1.807) is 13.8 Å². The number of nitrogens with one attached hydrogen (secondary N) is 2. The van der Waals surface area contributed by atoms with Gasteiger partial charge < -0.3 is 15.7 Å². The van der Waals surface area contributed by atoms with Gasteiger partial charge in [0.1, 0.15) is 17.4 Å². The number of nitrogens with zero attached hydrogens (tertiary/aromatic N) is 1. The Balaban J connectivity index is 2.92. The summed E-state index contributed by atoms with van der Waals surface area (Å²) in [4.78, 5) is 33.9. The van der Waals surface area contributed by atoms with Gasteiger partial charge in [0, 0.05) is 12.1 Å². The zero-order valence-electron chi connectivity index (χ0n) is 11.9. The predicted molar refractivity (Wildman–Crippen MR) is 75.0 cm³/mol. The highest BCUT2D eigenvalue weighted by molar-refractivity contribution is 6.00. The molecule has 0 bridgehead atoms. The molecule has 1 atom stereocenters. The molecular weight excluding hydrogens is 278 g/mol. The van der Waals surface area contributed by atoms with E-state index in [0.29, 0.717) is 0 Å². The lowest BCUT2D eigenvalue weighted by atomic mass is 10.1. The number of aromatic hydroxyl groups is 1. The van der Waals surface area contributed by atoms with Gasteiger partial charge in [-0.3, -0.25) is 19.7 Å². The van der Waals surface area contributed by atoms with Crippen molar-refractivity contribution in [1.82, 2.24) is 10.6 Å². The molecule has 0 aliphatic rings. The molecule has 1 aromatic rings. The van der Waals surface area contributed by atoms with Crippen LogP contribution in [0.2, 0.25) is 0 Å². The first-order valence-electron chi connectivity index (χ1n) is 6.31. The highest BCUT2D eigenvalue weighted by Crippen LogP contribution is 2.23. The monoisotopic (exact) mass is 295 g/mol. The maximum Gasteiger partial charge on any atom is 0.282 e. The lowest BCUT2D eigenvalue weighted by Gasteiger charge is -2.16. The number of hydrogen-bond acceptors (Lipinski definition) is 5. The van der Waals surface area contributed by atoms with Crippen molar-refractivity contribution in [3.63, 3.8) is 0 Å². The Morgan fingerprint density at radius 3 is 2.38 bits per heavy atom. The van der Waals surface area contributed by atoms with Gasteiger partial charge in [0.05, 0.1) is 4.92 Å². The molecule has 0 fully saturated rings. The van der Waals surface area contributed by atoms with Gasteiger partial charge in [-0.25, -0.2) is 0 Å². The second kappa shape index (κ2) is 6.69. The molecular formula is C13H17N3O5. The predicted octanol–water partition coefficient (Wildman–Crippen LogP) is 0.943. The fourth-order valence-electron chi connectivity index (χ4n) is 1.61. The first kappa shape index (κ1) is 16.4. The van der Waals surface area contributed by atoms with E-state index < -0.39 is 28.5 Å². The van der Waals surface area contributed by atoms with Crippen molar-refractivity contribution in [2.24, 2.45) is 0 Å². The van der Waals surface area contributed by atoms with Crippen LogP contribution in [-0.4, -0.2) is 33.9 Å². The number of hydrogen-bond donors (Lipinski definition) is 3. The highest BCUT2D eigenvalue weighted by Gasteiger charge is 2.24. The third-order valence-corrected chi connectivity index (χ3v) is 2.59. The van der Waals surface area contributed by atoms with Crippen LogP contribution >= 0.6 is 0 Å². The molecule has 0 aliphatic carbocycles. The summed E-state index contributed by atoms with van der Waals surface area (Å²) in [6.45, 7) is 5.00. The van der Waals surface area contributed by atoms with E-state index in [4.69, 9.17) is 0 Å². The molecule has 1 unspecified atom stereocenters. The average molecular weight is 295 g/mol. The Morgan fingerprint density at radius 1 is 1.24 bits per heavy atom. The second-order valence-corrected chi connectivity index (χ2v) is 4.82. The SMILES string of the molecule is CC(C)NC(=O)C(C)NC(=O)c1cc(O)ccc1[N+](=O)[O-]. The van der Waals surface area contributed by atoms with Crippen molar-refractivity contribution in [2.75, 3.05) is 0 Å². The van der Waals surface area contributed by atoms with Gasteiger partial charge in [0.25, 0.3) is 11.6 Å². The van der Waals surface area contributed by atoms with E-state index >= 15 is 0 Å². The number of carbonyl (C=O) groups is 2. The lowest BCUT2D eigenvalue weighted by molar-refractivity contribution is -0.385. The number of amides is 2. The quantitative estimate of drug-likeness (QED) is 0.551. The summed E-state index contributed by atoms with van der Waals surface area (Å²) in [7, 11) is 0. The molecule has 3 N–H and O–H groups in total. The van der Waals surface area contributed by atoms with Gasteiger partial charge in [0.2, 0.25) is 5.91 Å². The van der Waals surface area contributed by atoms with Crippen molar-refractivity contribution >= 4 is 17.5 Å². The summed E-state index contributed by atoms with van der Waals surface area (Å²) in [6, 6.07) is 2.18. The van der Waals surface area contributed by atoms with Crippen LogP contribution in [0, 0.1) is 10.1 Å². The van der Waals surface area contributed by atoms with Crippen molar-refractivity contribution in [1.29, 1.82) is 0 Å². The molecule has 1 rings (SSSR count). The van der Waals surface area contributed by atoms with Crippen molar-refractivity contribution in [2.45, 2.75) is 32.9 Å². The number of nitro groups is 1. The summed E-state index contributed by atoms with van der Waals surface area (Å²) in [5.41, 5.74) is -0.744. The molecule has 0 saturated carbocycles. The molecule has 0 radical (unpaired) electrons. The zero-order valence-corrected chi connectivity index (χ0v) is 11.9. The third kappa shape index (κ3) is 4.44. The zero-order chi connectivity index (χ0) is 16.2. The smallest absolute Gasteiger partial charge is 0.282 e. The number of rotatable bonds is 5. The van der Waals surface area contributed by atoms with Gasteiger partial charge >= 0.3 is 0 Å². The van der Waals surface area contributed by atoms with Crippen LogP contribution in [0.4, 0.5) is 5.69 Å². The van der Waals surface area contributed by atoms with Gasteiger partial charge in [-0.1, -0.05) is 0 Å². The first-order valence-corrected chi connectivity index (χ1v) is 6.31. The normalized spacial score (nSPS) is 11.8. The van der Waals surface area contributed by atoms with Crippen LogP contribution in [0.5, 0.6) is 5.75 Å². The Labute approximate surface area is 121 Å². The third-order valence-electron chi connectivity index (χ3n) is 2.59. The fraction of sp³-hybridized carbons (Fsp3) is 0.385. The van der Waals surface area contributed by atoms with Crippen LogP contribution in [0.25, 0.3) is 0 Å². The summed E-state index contributed by atoms with van der Waals surface area (Å²) in [6.07, 6.45) is 0. The van der Waals surface area contributed by atoms with Gasteiger partial charge in [-0.2, -0.15) is 0 Å².